The van der Waals surface area contributed by atoms with Gasteiger partial charge in [-0.2, -0.15) is 0 Å². The highest BCUT2D eigenvalue weighted by Crippen LogP contribution is 2.28. The molecule has 2 aromatic carbocycles. The Bertz CT molecular complexity index is 1010. The van der Waals surface area contributed by atoms with Crippen molar-refractivity contribution in [3.8, 4) is 0 Å². The SMILES string of the molecule is CC1CC(F)=CC=C1C(=O)Nc1ccc2c(c1)CCN(Cc1ccccc1)C2=O. The maximum atomic E-state index is 13.3. The van der Waals surface area contributed by atoms with Crippen molar-refractivity contribution in [2.45, 2.75) is 26.3 Å². The maximum Gasteiger partial charge on any atom is 0.254 e. The Morgan fingerprint density at radius 2 is 1.97 bits per heavy atom. The van der Waals surface area contributed by atoms with Crippen molar-refractivity contribution in [1.82, 2.24) is 4.90 Å². The number of nitrogens with one attached hydrogen (secondary N) is 1. The quantitative estimate of drug-likeness (QED) is 0.827. The second-order valence-electron chi connectivity index (χ2n) is 7.63. The van der Waals surface area contributed by atoms with Crippen molar-refractivity contribution >= 4 is 17.5 Å². The Kier molecular flexibility index (Phi) is 5.30. The van der Waals surface area contributed by atoms with Crippen molar-refractivity contribution in [3.63, 3.8) is 0 Å². The number of fused-ring (bicyclic) bond motifs is 1. The molecule has 1 unspecified atom stereocenters. The van der Waals surface area contributed by atoms with Crippen LogP contribution in [0, 0.1) is 5.92 Å². The van der Waals surface area contributed by atoms with Crippen LogP contribution in [0.1, 0.15) is 34.8 Å². The molecule has 0 aromatic heterocycles. The molecule has 2 aromatic rings. The average molecular weight is 390 g/mol. The van der Waals surface area contributed by atoms with E-state index in [9.17, 15) is 14.0 Å². The summed E-state index contributed by atoms with van der Waals surface area (Å²) in [6.45, 7) is 3.07. The van der Waals surface area contributed by atoms with Crippen LogP contribution in [-0.4, -0.2) is 23.3 Å². The van der Waals surface area contributed by atoms with E-state index in [1.54, 1.807) is 18.2 Å². The van der Waals surface area contributed by atoms with E-state index in [0.29, 0.717) is 29.9 Å². The summed E-state index contributed by atoms with van der Waals surface area (Å²) in [5, 5.41) is 2.89. The van der Waals surface area contributed by atoms with Gasteiger partial charge in [0, 0.05) is 36.3 Å². The van der Waals surface area contributed by atoms with Gasteiger partial charge in [-0.3, -0.25) is 9.59 Å². The number of amides is 2. The molecule has 1 heterocycles. The first-order valence-electron chi connectivity index (χ1n) is 9.85. The number of hydrogen-bond acceptors (Lipinski definition) is 2. The van der Waals surface area contributed by atoms with Gasteiger partial charge in [-0.05, 0) is 47.7 Å². The zero-order valence-electron chi connectivity index (χ0n) is 16.3. The zero-order chi connectivity index (χ0) is 20.4. The van der Waals surface area contributed by atoms with E-state index in [4.69, 9.17) is 0 Å². The molecule has 0 radical (unpaired) electrons. The number of benzene rings is 2. The number of allylic oxidation sites excluding steroid dienone is 3. The molecule has 1 N–H and O–H groups in total. The second-order valence-corrected chi connectivity index (χ2v) is 7.63. The van der Waals surface area contributed by atoms with Gasteiger partial charge in [0.25, 0.3) is 11.8 Å². The summed E-state index contributed by atoms with van der Waals surface area (Å²) >= 11 is 0. The van der Waals surface area contributed by atoms with E-state index in [-0.39, 0.29) is 30.0 Å². The number of carbonyl (C=O) groups excluding carboxylic acids is 2. The molecule has 2 amide bonds. The number of carbonyl (C=O) groups is 2. The van der Waals surface area contributed by atoms with Crippen molar-refractivity contribution in [3.05, 3.63) is 88.8 Å². The molecule has 148 valence electrons. The van der Waals surface area contributed by atoms with Gasteiger partial charge in [0.15, 0.2) is 0 Å². The topological polar surface area (TPSA) is 49.4 Å². The van der Waals surface area contributed by atoms with Crippen molar-refractivity contribution in [2.24, 2.45) is 5.92 Å². The van der Waals surface area contributed by atoms with Crippen LogP contribution in [0.25, 0.3) is 0 Å². The van der Waals surface area contributed by atoms with Gasteiger partial charge in [-0.1, -0.05) is 43.3 Å². The molecule has 5 heteroatoms. The zero-order valence-corrected chi connectivity index (χ0v) is 16.3. The Balaban J connectivity index is 1.47. The first-order valence-corrected chi connectivity index (χ1v) is 9.85. The summed E-state index contributed by atoms with van der Waals surface area (Å²) in [7, 11) is 0. The first-order chi connectivity index (χ1) is 14.0. The number of anilines is 1. The highest BCUT2D eigenvalue weighted by Gasteiger charge is 2.25. The third kappa shape index (κ3) is 4.14. The average Bonchev–Trinajstić information content (AvgIpc) is 2.71. The predicted molar refractivity (Wildman–Crippen MR) is 111 cm³/mol. The highest BCUT2D eigenvalue weighted by molar-refractivity contribution is 6.05. The largest absolute Gasteiger partial charge is 0.334 e. The van der Waals surface area contributed by atoms with Crippen LogP contribution in [0.5, 0.6) is 0 Å². The summed E-state index contributed by atoms with van der Waals surface area (Å²) < 4.78 is 13.3. The lowest BCUT2D eigenvalue weighted by molar-refractivity contribution is -0.113. The van der Waals surface area contributed by atoms with Crippen LogP contribution in [-0.2, 0) is 17.8 Å². The third-order valence-electron chi connectivity index (χ3n) is 5.49. The fourth-order valence-corrected chi connectivity index (χ4v) is 3.89. The number of hydrogen-bond donors (Lipinski definition) is 1. The standard InChI is InChI=1S/C24H23FN2O2/c1-16-13-19(25)7-9-21(16)23(28)26-20-8-10-22-18(14-20)11-12-27(24(22)29)15-17-5-3-2-4-6-17/h2-10,14,16H,11-13,15H2,1H3,(H,26,28). The van der Waals surface area contributed by atoms with Gasteiger partial charge in [-0.15, -0.1) is 0 Å². The summed E-state index contributed by atoms with van der Waals surface area (Å²) in [4.78, 5) is 27.3. The molecule has 2 aliphatic rings. The minimum Gasteiger partial charge on any atom is -0.334 e. The minimum atomic E-state index is -0.228. The first kappa shape index (κ1) is 19.1. The number of nitrogens with zero attached hydrogens (tertiary/aromatic N) is 1. The van der Waals surface area contributed by atoms with Crippen LogP contribution in [0.2, 0.25) is 0 Å². The van der Waals surface area contributed by atoms with Crippen LogP contribution in [0.15, 0.2) is 72.1 Å². The molecule has 0 fully saturated rings. The van der Waals surface area contributed by atoms with E-state index < -0.39 is 0 Å². The van der Waals surface area contributed by atoms with Gasteiger partial charge >= 0.3 is 0 Å². The molecular formula is C24H23FN2O2. The summed E-state index contributed by atoms with van der Waals surface area (Å²) in [5.41, 5.74) is 3.94. The lowest BCUT2D eigenvalue weighted by atomic mass is 9.92. The van der Waals surface area contributed by atoms with Crippen molar-refractivity contribution in [2.75, 3.05) is 11.9 Å². The van der Waals surface area contributed by atoms with Crippen molar-refractivity contribution < 1.29 is 14.0 Å². The van der Waals surface area contributed by atoms with E-state index in [0.717, 1.165) is 17.5 Å². The monoisotopic (exact) mass is 390 g/mol. The lowest BCUT2D eigenvalue weighted by Crippen LogP contribution is -2.37. The fraction of sp³-hybridized carbons (Fsp3) is 0.250. The van der Waals surface area contributed by atoms with Crippen LogP contribution >= 0.6 is 0 Å². The predicted octanol–water partition coefficient (Wildman–Crippen LogP) is 4.64. The summed E-state index contributed by atoms with van der Waals surface area (Å²) in [6, 6.07) is 15.3. The maximum absolute atomic E-state index is 13.3. The minimum absolute atomic E-state index is 0.0113. The van der Waals surface area contributed by atoms with Gasteiger partial charge in [0.2, 0.25) is 0 Å². The lowest BCUT2D eigenvalue weighted by Gasteiger charge is -2.29. The number of rotatable bonds is 4. The smallest absolute Gasteiger partial charge is 0.254 e. The summed E-state index contributed by atoms with van der Waals surface area (Å²) in [5.74, 6) is -0.585. The van der Waals surface area contributed by atoms with Crippen LogP contribution in [0.3, 0.4) is 0 Å². The van der Waals surface area contributed by atoms with Gasteiger partial charge in [0.1, 0.15) is 5.83 Å². The van der Waals surface area contributed by atoms with Gasteiger partial charge in [-0.25, -0.2) is 4.39 Å². The second kappa shape index (κ2) is 8.03. The van der Waals surface area contributed by atoms with Crippen LogP contribution < -0.4 is 5.32 Å². The molecule has 29 heavy (non-hydrogen) atoms. The molecule has 1 aliphatic carbocycles. The van der Waals surface area contributed by atoms with Crippen LogP contribution in [0.4, 0.5) is 10.1 Å². The molecule has 4 rings (SSSR count). The van der Waals surface area contributed by atoms with E-state index in [1.807, 2.05) is 48.2 Å². The number of halogens is 1. The molecule has 1 atom stereocenters. The van der Waals surface area contributed by atoms with E-state index >= 15 is 0 Å². The van der Waals surface area contributed by atoms with E-state index in [2.05, 4.69) is 5.32 Å². The highest BCUT2D eigenvalue weighted by atomic mass is 19.1. The Morgan fingerprint density at radius 1 is 1.17 bits per heavy atom. The van der Waals surface area contributed by atoms with Gasteiger partial charge in [0.05, 0.1) is 0 Å². The Hall–Kier alpha value is -3.21. The molecule has 0 spiro atoms. The molecule has 0 saturated carbocycles. The molecule has 1 aliphatic heterocycles. The van der Waals surface area contributed by atoms with E-state index in [1.165, 1.54) is 6.08 Å². The molecule has 4 nitrogen and oxygen atoms in total. The molecule has 0 saturated heterocycles. The normalized spacial score (nSPS) is 18.6. The third-order valence-corrected chi connectivity index (χ3v) is 5.49. The summed E-state index contributed by atoms with van der Waals surface area (Å²) in [6.07, 6.45) is 3.88. The molecule has 0 bridgehead atoms. The fourth-order valence-electron chi connectivity index (χ4n) is 3.89. The van der Waals surface area contributed by atoms with Gasteiger partial charge < -0.3 is 10.2 Å². The Morgan fingerprint density at radius 3 is 2.72 bits per heavy atom. The van der Waals surface area contributed by atoms with Crippen molar-refractivity contribution in [1.29, 1.82) is 0 Å². The Labute approximate surface area is 169 Å². The molecular weight excluding hydrogens is 367 g/mol.